The van der Waals surface area contributed by atoms with Crippen LogP contribution in [0.25, 0.3) is 22.6 Å². The van der Waals surface area contributed by atoms with Crippen LogP contribution in [0.4, 0.5) is 0 Å². The predicted octanol–water partition coefficient (Wildman–Crippen LogP) is 4.79. The third-order valence-corrected chi connectivity index (χ3v) is 5.37. The molecule has 158 valence electrons. The van der Waals surface area contributed by atoms with Gasteiger partial charge in [-0.1, -0.05) is 48.5 Å². The Bertz CT molecular complexity index is 1170. The molecule has 1 amide bonds. The van der Waals surface area contributed by atoms with Gasteiger partial charge < -0.3 is 10.1 Å². The Kier molecular flexibility index (Phi) is 5.85. The molecule has 0 aliphatic heterocycles. The van der Waals surface area contributed by atoms with E-state index in [2.05, 4.69) is 23.5 Å². The highest BCUT2D eigenvalue weighted by atomic mass is 16.5. The number of nitrogens with zero attached hydrogens (tertiary/aromatic N) is 1. The average molecular weight is 415 g/mol. The highest BCUT2D eigenvalue weighted by molar-refractivity contribution is 6.07. The number of rotatable bonds is 5. The number of ether oxygens (including phenoxy) is 1. The summed E-state index contributed by atoms with van der Waals surface area (Å²) in [7, 11) is 0. The molecular formula is C26H26N2O3. The minimum absolute atomic E-state index is 0.0228. The first-order chi connectivity index (χ1) is 14.9. The minimum atomic E-state index is -0.877. The Morgan fingerprint density at radius 3 is 2.45 bits per heavy atom. The van der Waals surface area contributed by atoms with Crippen LogP contribution in [0.5, 0.6) is 0 Å². The zero-order valence-electron chi connectivity index (χ0n) is 18.0. The van der Waals surface area contributed by atoms with Crippen molar-refractivity contribution in [3.63, 3.8) is 0 Å². The molecular weight excluding hydrogens is 388 g/mol. The Hall–Kier alpha value is -3.47. The summed E-state index contributed by atoms with van der Waals surface area (Å²) in [4.78, 5) is 30.4. The standard InChI is InChI=1S/C26H26N2O3/c1-16(2)27-25(29)17(3)31-26(30)23-20-11-7-8-12-22(20)28-24-19(13-14-21(23)24)15-18-9-5-4-6-10-18/h4-12,15-17H,13-14H2,1-3H3,(H,27,29)/b19-15+. The van der Waals surface area contributed by atoms with Gasteiger partial charge in [0, 0.05) is 11.4 Å². The molecule has 2 aromatic carbocycles. The van der Waals surface area contributed by atoms with Crippen LogP contribution in [0.15, 0.2) is 54.6 Å². The molecule has 1 aliphatic rings. The van der Waals surface area contributed by atoms with Gasteiger partial charge >= 0.3 is 5.97 Å². The van der Waals surface area contributed by atoms with Crippen LogP contribution in [0.2, 0.25) is 0 Å². The molecule has 1 N–H and O–H groups in total. The molecule has 0 bridgehead atoms. The fourth-order valence-corrected chi connectivity index (χ4v) is 3.94. The Labute approximate surface area is 182 Å². The van der Waals surface area contributed by atoms with Gasteiger partial charge in [0.25, 0.3) is 5.91 Å². The van der Waals surface area contributed by atoms with Crippen molar-refractivity contribution in [1.29, 1.82) is 0 Å². The fraction of sp³-hybridized carbons (Fsp3) is 0.269. The van der Waals surface area contributed by atoms with Gasteiger partial charge in [0.05, 0.1) is 16.8 Å². The van der Waals surface area contributed by atoms with Crippen molar-refractivity contribution in [2.75, 3.05) is 0 Å². The summed E-state index contributed by atoms with van der Waals surface area (Å²) >= 11 is 0. The molecule has 5 nitrogen and oxygen atoms in total. The van der Waals surface area contributed by atoms with Gasteiger partial charge in [-0.15, -0.1) is 0 Å². The number of para-hydroxylation sites is 1. The first-order valence-electron chi connectivity index (χ1n) is 10.6. The predicted molar refractivity (Wildman–Crippen MR) is 123 cm³/mol. The molecule has 31 heavy (non-hydrogen) atoms. The van der Waals surface area contributed by atoms with Crippen molar-refractivity contribution >= 4 is 34.4 Å². The van der Waals surface area contributed by atoms with E-state index in [-0.39, 0.29) is 11.9 Å². The molecule has 0 spiro atoms. The van der Waals surface area contributed by atoms with E-state index in [0.29, 0.717) is 12.0 Å². The lowest BCUT2D eigenvalue weighted by Gasteiger charge is -2.17. The summed E-state index contributed by atoms with van der Waals surface area (Å²) in [6.45, 7) is 5.34. The number of pyridine rings is 1. The van der Waals surface area contributed by atoms with E-state index in [4.69, 9.17) is 9.72 Å². The van der Waals surface area contributed by atoms with Crippen LogP contribution < -0.4 is 5.32 Å². The summed E-state index contributed by atoms with van der Waals surface area (Å²) in [5.41, 5.74) is 5.20. The van der Waals surface area contributed by atoms with Crippen LogP contribution in [-0.2, 0) is 16.0 Å². The van der Waals surface area contributed by atoms with Crippen LogP contribution in [0.3, 0.4) is 0 Å². The molecule has 1 aromatic heterocycles. The molecule has 4 rings (SSSR count). The van der Waals surface area contributed by atoms with Crippen molar-refractivity contribution in [1.82, 2.24) is 10.3 Å². The third-order valence-electron chi connectivity index (χ3n) is 5.37. The second-order valence-corrected chi connectivity index (χ2v) is 8.12. The number of carbonyl (C=O) groups is 2. The van der Waals surface area contributed by atoms with Crippen LogP contribution in [-0.4, -0.2) is 29.0 Å². The molecule has 5 heteroatoms. The van der Waals surface area contributed by atoms with Crippen molar-refractivity contribution in [3.05, 3.63) is 77.0 Å². The first kappa shape index (κ1) is 20.8. The van der Waals surface area contributed by atoms with E-state index in [0.717, 1.165) is 39.7 Å². The number of amides is 1. The minimum Gasteiger partial charge on any atom is -0.449 e. The Morgan fingerprint density at radius 1 is 1.00 bits per heavy atom. The van der Waals surface area contributed by atoms with Crippen molar-refractivity contribution in [2.45, 2.75) is 45.8 Å². The highest BCUT2D eigenvalue weighted by Crippen LogP contribution is 2.37. The van der Waals surface area contributed by atoms with Gasteiger partial charge in [0.1, 0.15) is 0 Å². The van der Waals surface area contributed by atoms with Crippen molar-refractivity contribution in [2.24, 2.45) is 0 Å². The number of benzene rings is 2. The second kappa shape index (κ2) is 8.72. The fourth-order valence-electron chi connectivity index (χ4n) is 3.94. The lowest BCUT2D eigenvalue weighted by molar-refractivity contribution is -0.129. The number of allylic oxidation sites excluding steroid dienone is 1. The third kappa shape index (κ3) is 4.36. The SMILES string of the molecule is CC(C)NC(=O)C(C)OC(=O)c1c2c(nc3ccccc13)/C(=C/c1ccccc1)CC2. The van der Waals surface area contributed by atoms with E-state index in [1.165, 1.54) is 0 Å². The van der Waals surface area contributed by atoms with Gasteiger partial charge in [-0.2, -0.15) is 0 Å². The lowest BCUT2D eigenvalue weighted by atomic mass is 10.0. The smallest absolute Gasteiger partial charge is 0.339 e. The van der Waals surface area contributed by atoms with E-state index >= 15 is 0 Å². The highest BCUT2D eigenvalue weighted by Gasteiger charge is 2.29. The summed E-state index contributed by atoms with van der Waals surface area (Å²) < 4.78 is 5.59. The number of aromatic nitrogens is 1. The molecule has 0 radical (unpaired) electrons. The van der Waals surface area contributed by atoms with E-state index < -0.39 is 12.1 Å². The van der Waals surface area contributed by atoms with Gasteiger partial charge in [0.2, 0.25) is 0 Å². The molecule has 1 heterocycles. The molecule has 0 saturated heterocycles. The number of carbonyl (C=O) groups excluding carboxylic acids is 2. The molecule has 1 unspecified atom stereocenters. The zero-order chi connectivity index (χ0) is 22.0. The van der Waals surface area contributed by atoms with Crippen LogP contribution in [0.1, 0.15) is 54.4 Å². The second-order valence-electron chi connectivity index (χ2n) is 8.12. The molecule has 0 saturated carbocycles. The van der Waals surface area contributed by atoms with Crippen molar-refractivity contribution < 1.29 is 14.3 Å². The van der Waals surface area contributed by atoms with Crippen molar-refractivity contribution in [3.8, 4) is 0 Å². The maximum absolute atomic E-state index is 13.2. The maximum Gasteiger partial charge on any atom is 0.339 e. The molecule has 0 fully saturated rings. The number of esters is 1. The van der Waals surface area contributed by atoms with Gasteiger partial charge in [-0.05, 0) is 62.5 Å². The van der Waals surface area contributed by atoms with E-state index in [9.17, 15) is 9.59 Å². The number of nitrogens with one attached hydrogen (secondary N) is 1. The summed E-state index contributed by atoms with van der Waals surface area (Å²) in [5, 5.41) is 3.54. The monoisotopic (exact) mass is 414 g/mol. The topological polar surface area (TPSA) is 68.3 Å². The zero-order valence-corrected chi connectivity index (χ0v) is 18.0. The maximum atomic E-state index is 13.2. The molecule has 1 aliphatic carbocycles. The number of fused-ring (bicyclic) bond motifs is 2. The average Bonchev–Trinajstić information content (AvgIpc) is 3.14. The molecule has 1 atom stereocenters. The summed E-state index contributed by atoms with van der Waals surface area (Å²) in [6, 6.07) is 17.7. The Balaban J connectivity index is 1.75. The van der Waals surface area contributed by atoms with E-state index in [1.54, 1.807) is 6.92 Å². The summed E-state index contributed by atoms with van der Waals surface area (Å²) in [5.74, 6) is -0.787. The summed E-state index contributed by atoms with van der Waals surface area (Å²) in [6.07, 6.45) is 2.76. The van der Waals surface area contributed by atoms with E-state index in [1.807, 2.05) is 56.3 Å². The molecule has 3 aromatic rings. The normalized spacial score (nSPS) is 15.2. The largest absolute Gasteiger partial charge is 0.449 e. The van der Waals surface area contributed by atoms with Crippen LogP contribution >= 0.6 is 0 Å². The quantitative estimate of drug-likeness (QED) is 0.610. The van der Waals surface area contributed by atoms with Gasteiger partial charge in [-0.3, -0.25) is 4.79 Å². The Morgan fingerprint density at radius 2 is 1.71 bits per heavy atom. The van der Waals surface area contributed by atoms with Gasteiger partial charge in [-0.25, -0.2) is 9.78 Å². The first-order valence-corrected chi connectivity index (χ1v) is 10.6. The lowest BCUT2D eigenvalue weighted by Crippen LogP contribution is -2.39. The van der Waals surface area contributed by atoms with Gasteiger partial charge in [0.15, 0.2) is 6.10 Å². The number of hydrogen-bond acceptors (Lipinski definition) is 4. The van der Waals surface area contributed by atoms with Crippen LogP contribution in [0, 0.1) is 0 Å². The number of hydrogen-bond donors (Lipinski definition) is 1.